The number of halogens is 1. The summed E-state index contributed by atoms with van der Waals surface area (Å²) in [7, 11) is 2.06. The number of hydrogen-bond donors (Lipinski definition) is 1. The number of rotatable bonds is 3. The zero-order chi connectivity index (χ0) is 14.0. The number of nitro groups is 1. The van der Waals surface area contributed by atoms with Crippen LogP contribution in [0, 0.1) is 15.9 Å². The van der Waals surface area contributed by atoms with Crippen molar-refractivity contribution < 1.29 is 9.31 Å². The lowest BCUT2D eigenvalue weighted by atomic mass is 9.98. The second-order valence-corrected chi connectivity index (χ2v) is 5.11. The molecule has 1 saturated heterocycles. The molecule has 1 fully saturated rings. The fourth-order valence-electron chi connectivity index (χ4n) is 2.42. The van der Waals surface area contributed by atoms with Crippen LogP contribution in [0.25, 0.3) is 0 Å². The van der Waals surface area contributed by atoms with Gasteiger partial charge >= 0.3 is 0 Å². The van der Waals surface area contributed by atoms with E-state index in [0.29, 0.717) is 6.04 Å². The summed E-state index contributed by atoms with van der Waals surface area (Å²) in [5, 5.41) is 14.0. The number of nitrogens with zero attached hydrogens (tertiary/aromatic N) is 2. The van der Waals surface area contributed by atoms with Gasteiger partial charge in [0, 0.05) is 30.8 Å². The monoisotopic (exact) mass is 267 g/mol. The SMILES string of the molecule is CC1CC(Nc2cc(F)ccc2[N+](=O)[O-])CCN1C. The molecule has 1 aromatic rings. The van der Waals surface area contributed by atoms with E-state index in [1.54, 1.807) is 0 Å². The van der Waals surface area contributed by atoms with Crippen LogP contribution in [-0.2, 0) is 0 Å². The molecule has 1 N–H and O–H groups in total. The lowest BCUT2D eigenvalue weighted by Gasteiger charge is -2.35. The standard InChI is InChI=1S/C13H18FN3O2/c1-9-7-11(5-6-16(9)2)15-12-8-10(14)3-4-13(12)17(18)19/h3-4,8-9,11,15H,5-7H2,1-2H3. The van der Waals surface area contributed by atoms with E-state index in [9.17, 15) is 14.5 Å². The number of nitrogens with one attached hydrogen (secondary N) is 1. The van der Waals surface area contributed by atoms with Gasteiger partial charge < -0.3 is 10.2 Å². The van der Waals surface area contributed by atoms with Gasteiger partial charge in [-0.3, -0.25) is 10.1 Å². The van der Waals surface area contributed by atoms with Gasteiger partial charge in [0.2, 0.25) is 0 Å². The summed E-state index contributed by atoms with van der Waals surface area (Å²) in [5.41, 5.74) is 0.194. The van der Waals surface area contributed by atoms with Crippen molar-refractivity contribution in [1.29, 1.82) is 0 Å². The van der Waals surface area contributed by atoms with E-state index in [4.69, 9.17) is 0 Å². The number of nitro benzene ring substituents is 1. The van der Waals surface area contributed by atoms with Gasteiger partial charge in [0.05, 0.1) is 4.92 Å². The molecular weight excluding hydrogens is 249 g/mol. The molecule has 1 aliphatic heterocycles. The minimum Gasteiger partial charge on any atom is -0.377 e. The van der Waals surface area contributed by atoms with Crippen molar-refractivity contribution in [3.8, 4) is 0 Å². The van der Waals surface area contributed by atoms with E-state index in [-0.39, 0.29) is 17.4 Å². The summed E-state index contributed by atoms with van der Waals surface area (Å²) in [4.78, 5) is 12.7. The quantitative estimate of drug-likeness (QED) is 0.675. The zero-order valence-corrected chi connectivity index (χ0v) is 11.1. The van der Waals surface area contributed by atoms with E-state index in [0.717, 1.165) is 25.5 Å². The maximum absolute atomic E-state index is 13.2. The van der Waals surface area contributed by atoms with Gasteiger partial charge in [-0.05, 0) is 32.9 Å². The number of anilines is 1. The third kappa shape index (κ3) is 3.20. The number of hydrogen-bond acceptors (Lipinski definition) is 4. The first-order valence-electron chi connectivity index (χ1n) is 6.38. The van der Waals surface area contributed by atoms with E-state index < -0.39 is 10.7 Å². The molecule has 5 nitrogen and oxygen atoms in total. The molecule has 19 heavy (non-hydrogen) atoms. The van der Waals surface area contributed by atoms with Crippen LogP contribution in [-0.4, -0.2) is 35.5 Å². The maximum Gasteiger partial charge on any atom is 0.292 e. The molecule has 0 aliphatic carbocycles. The van der Waals surface area contributed by atoms with Crippen molar-refractivity contribution in [1.82, 2.24) is 4.90 Å². The minimum atomic E-state index is -0.486. The summed E-state index contributed by atoms with van der Waals surface area (Å²) in [5.74, 6) is -0.464. The summed E-state index contributed by atoms with van der Waals surface area (Å²) in [6.45, 7) is 3.05. The van der Waals surface area contributed by atoms with E-state index >= 15 is 0 Å². The average molecular weight is 267 g/mol. The highest BCUT2D eigenvalue weighted by Gasteiger charge is 2.25. The molecule has 2 unspecified atom stereocenters. The molecule has 0 bridgehead atoms. The Morgan fingerprint density at radius 3 is 2.89 bits per heavy atom. The van der Waals surface area contributed by atoms with Crippen LogP contribution in [0.15, 0.2) is 18.2 Å². The van der Waals surface area contributed by atoms with Gasteiger partial charge in [0.1, 0.15) is 11.5 Å². The van der Waals surface area contributed by atoms with Crippen molar-refractivity contribution in [3.05, 3.63) is 34.1 Å². The van der Waals surface area contributed by atoms with Crippen molar-refractivity contribution in [2.75, 3.05) is 18.9 Å². The Morgan fingerprint density at radius 1 is 1.53 bits per heavy atom. The van der Waals surface area contributed by atoms with Crippen LogP contribution >= 0.6 is 0 Å². The van der Waals surface area contributed by atoms with Gasteiger partial charge in [0.25, 0.3) is 5.69 Å². The number of piperidine rings is 1. The molecular formula is C13H18FN3O2. The molecule has 0 aromatic heterocycles. The Labute approximate surface area is 111 Å². The molecule has 0 spiro atoms. The first kappa shape index (κ1) is 13.7. The lowest BCUT2D eigenvalue weighted by Crippen LogP contribution is -2.42. The fourth-order valence-corrected chi connectivity index (χ4v) is 2.42. The van der Waals surface area contributed by atoms with Crippen LogP contribution in [0.3, 0.4) is 0 Å². The van der Waals surface area contributed by atoms with Crippen LogP contribution in [0.5, 0.6) is 0 Å². The summed E-state index contributed by atoms with van der Waals surface area (Å²) in [6.07, 6.45) is 1.79. The van der Waals surface area contributed by atoms with Gasteiger partial charge in [-0.25, -0.2) is 4.39 Å². The average Bonchev–Trinajstić information content (AvgIpc) is 2.33. The van der Waals surface area contributed by atoms with Crippen molar-refractivity contribution in [2.24, 2.45) is 0 Å². The first-order chi connectivity index (χ1) is 8.97. The van der Waals surface area contributed by atoms with Crippen LogP contribution in [0.2, 0.25) is 0 Å². The number of benzene rings is 1. The largest absolute Gasteiger partial charge is 0.377 e. The Hall–Kier alpha value is -1.69. The fraction of sp³-hybridized carbons (Fsp3) is 0.538. The smallest absolute Gasteiger partial charge is 0.292 e. The third-order valence-electron chi connectivity index (χ3n) is 3.72. The second-order valence-electron chi connectivity index (χ2n) is 5.11. The lowest BCUT2D eigenvalue weighted by molar-refractivity contribution is -0.384. The second kappa shape index (κ2) is 5.52. The first-order valence-corrected chi connectivity index (χ1v) is 6.38. The Balaban J connectivity index is 2.14. The molecule has 0 amide bonds. The molecule has 2 rings (SSSR count). The molecule has 1 heterocycles. The maximum atomic E-state index is 13.2. The Bertz CT molecular complexity index is 481. The summed E-state index contributed by atoms with van der Waals surface area (Å²) in [6, 6.07) is 4.07. The van der Waals surface area contributed by atoms with Crippen molar-refractivity contribution >= 4 is 11.4 Å². The molecule has 0 saturated carbocycles. The van der Waals surface area contributed by atoms with E-state index in [1.165, 1.54) is 12.1 Å². The van der Waals surface area contributed by atoms with Crippen LogP contribution in [0.1, 0.15) is 19.8 Å². The topological polar surface area (TPSA) is 58.4 Å². The molecule has 0 radical (unpaired) electrons. The Kier molecular flexibility index (Phi) is 3.99. The molecule has 6 heteroatoms. The molecule has 1 aliphatic rings. The normalized spacial score (nSPS) is 24.2. The predicted molar refractivity (Wildman–Crippen MR) is 71.8 cm³/mol. The molecule has 2 atom stereocenters. The summed E-state index contributed by atoms with van der Waals surface area (Å²) >= 11 is 0. The van der Waals surface area contributed by atoms with Gasteiger partial charge in [-0.15, -0.1) is 0 Å². The predicted octanol–water partition coefficient (Wildman–Crippen LogP) is 2.63. The van der Waals surface area contributed by atoms with Crippen LogP contribution in [0.4, 0.5) is 15.8 Å². The minimum absolute atomic E-state index is 0.0759. The van der Waals surface area contributed by atoms with Crippen molar-refractivity contribution in [2.45, 2.75) is 31.8 Å². The number of likely N-dealkylation sites (tertiary alicyclic amines) is 1. The Morgan fingerprint density at radius 2 is 2.26 bits per heavy atom. The van der Waals surface area contributed by atoms with Gasteiger partial charge in [0.15, 0.2) is 0 Å². The van der Waals surface area contributed by atoms with Crippen molar-refractivity contribution in [3.63, 3.8) is 0 Å². The highest BCUT2D eigenvalue weighted by Crippen LogP contribution is 2.28. The zero-order valence-electron chi connectivity index (χ0n) is 11.1. The third-order valence-corrected chi connectivity index (χ3v) is 3.72. The van der Waals surface area contributed by atoms with Gasteiger partial charge in [-0.2, -0.15) is 0 Å². The van der Waals surface area contributed by atoms with E-state index in [2.05, 4.69) is 24.2 Å². The summed E-state index contributed by atoms with van der Waals surface area (Å²) < 4.78 is 13.2. The van der Waals surface area contributed by atoms with Gasteiger partial charge in [-0.1, -0.05) is 0 Å². The molecule has 104 valence electrons. The molecule has 1 aromatic carbocycles. The highest BCUT2D eigenvalue weighted by atomic mass is 19.1. The van der Waals surface area contributed by atoms with Crippen LogP contribution < -0.4 is 5.32 Å². The van der Waals surface area contributed by atoms with E-state index in [1.807, 2.05) is 0 Å². The highest BCUT2D eigenvalue weighted by molar-refractivity contribution is 5.61.